The lowest BCUT2D eigenvalue weighted by Crippen LogP contribution is -2.41. The van der Waals surface area contributed by atoms with Crippen LogP contribution in [-0.2, 0) is 11.3 Å². The Morgan fingerprint density at radius 3 is 2.67 bits per heavy atom. The van der Waals surface area contributed by atoms with Gasteiger partial charge in [-0.05, 0) is 38.3 Å². The molecule has 2 aromatic heterocycles. The SMILES string of the molecule is Cc1cc2nn(CC(=O)N(C)C3CCCCC3)c(=O)n2c(Nc2ccccc2C)n1. The molecule has 8 nitrogen and oxygen atoms in total. The molecule has 0 aliphatic heterocycles. The fourth-order valence-electron chi connectivity index (χ4n) is 4.09. The van der Waals surface area contributed by atoms with Crippen molar-refractivity contribution in [3.8, 4) is 0 Å². The zero-order valence-electron chi connectivity index (χ0n) is 17.8. The number of hydrogen-bond acceptors (Lipinski definition) is 5. The van der Waals surface area contributed by atoms with Crippen molar-refractivity contribution < 1.29 is 4.79 Å². The number of benzene rings is 1. The first kappa shape index (κ1) is 20.1. The number of nitrogens with one attached hydrogen (secondary N) is 1. The number of fused-ring (bicyclic) bond motifs is 1. The molecule has 1 aromatic carbocycles. The standard InChI is InChI=1S/C22H28N6O2/c1-15-9-7-8-12-18(15)24-21-23-16(2)13-19-25-27(22(30)28(19)21)14-20(29)26(3)17-10-5-4-6-11-17/h7-9,12-13,17H,4-6,10-11,14H2,1-3H3,(H,23,24). The van der Waals surface area contributed by atoms with Gasteiger partial charge in [0.25, 0.3) is 0 Å². The highest BCUT2D eigenvalue weighted by Gasteiger charge is 2.23. The summed E-state index contributed by atoms with van der Waals surface area (Å²) in [7, 11) is 1.83. The molecule has 0 unspecified atom stereocenters. The number of aromatic nitrogens is 4. The maximum Gasteiger partial charge on any atom is 0.353 e. The van der Waals surface area contributed by atoms with Crippen LogP contribution in [-0.4, -0.2) is 43.1 Å². The maximum absolute atomic E-state index is 13.1. The van der Waals surface area contributed by atoms with Gasteiger partial charge in [-0.25, -0.2) is 18.9 Å². The lowest BCUT2D eigenvalue weighted by molar-refractivity contribution is -0.133. The second-order valence-corrected chi connectivity index (χ2v) is 8.09. The number of likely N-dealkylation sites (N-methyl/N-ethyl adjacent to an activating group) is 1. The Morgan fingerprint density at radius 1 is 1.20 bits per heavy atom. The topological polar surface area (TPSA) is 84.5 Å². The first-order valence-electron chi connectivity index (χ1n) is 10.5. The highest BCUT2D eigenvalue weighted by molar-refractivity contribution is 5.76. The molecule has 2 heterocycles. The van der Waals surface area contributed by atoms with E-state index in [1.54, 1.807) is 11.0 Å². The zero-order valence-corrected chi connectivity index (χ0v) is 17.8. The summed E-state index contributed by atoms with van der Waals surface area (Å²) < 4.78 is 2.66. The molecule has 0 spiro atoms. The Morgan fingerprint density at radius 2 is 1.93 bits per heavy atom. The first-order chi connectivity index (χ1) is 14.4. The molecule has 1 aliphatic rings. The molecule has 30 heavy (non-hydrogen) atoms. The van der Waals surface area contributed by atoms with Crippen LogP contribution in [0.3, 0.4) is 0 Å². The number of para-hydroxylation sites is 1. The Hall–Kier alpha value is -3.16. The van der Waals surface area contributed by atoms with Crippen LogP contribution in [0.15, 0.2) is 35.1 Å². The molecule has 8 heteroatoms. The number of rotatable bonds is 5. The molecule has 0 bridgehead atoms. The van der Waals surface area contributed by atoms with Gasteiger partial charge in [-0.3, -0.25) is 4.79 Å². The van der Waals surface area contributed by atoms with Gasteiger partial charge in [0.2, 0.25) is 11.9 Å². The van der Waals surface area contributed by atoms with Crippen LogP contribution in [0.4, 0.5) is 11.6 Å². The minimum Gasteiger partial charge on any atom is -0.341 e. The van der Waals surface area contributed by atoms with Crippen molar-refractivity contribution in [1.82, 2.24) is 24.1 Å². The van der Waals surface area contributed by atoms with E-state index < -0.39 is 0 Å². The normalized spacial score (nSPS) is 14.8. The average molecular weight is 409 g/mol. The van der Waals surface area contributed by atoms with Crippen LogP contribution in [0.1, 0.15) is 43.4 Å². The molecule has 0 atom stereocenters. The number of aryl methyl sites for hydroxylation is 2. The average Bonchev–Trinajstić information content (AvgIpc) is 3.04. The summed E-state index contributed by atoms with van der Waals surface area (Å²) in [6, 6.07) is 9.80. The summed E-state index contributed by atoms with van der Waals surface area (Å²) in [4.78, 5) is 32.2. The second-order valence-electron chi connectivity index (χ2n) is 8.09. The monoisotopic (exact) mass is 408 g/mol. The van der Waals surface area contributed by atoms with Gasteiger partial charge in [-0.15, -0.1) is 5.10 Å². The van der Waals surface area contributed by atoms with Crippen molar-refractivity contribution in [1.29, 1.82) is 0 Å². The van der Waals surface area contributed by atoms with E-state index in [2.05, 4.69) is 15.4 Å². The number of carbonyl (C=O) groups is 1. The molecule has 0 radical (unpaired) electrons. The molecule has 0 saturated heterocycles. The van der Waals surface area contributed by atoms with E-state index in [0.29, 0.717) is 11.6 Å². The van der Waals surface area contributed by atoms with Crippen molar-refractivity contribution in [2.45, 2.75) is 58.5 Å². The molecule has 1 N–H and O–H groups in total. The van der Waals surface area contributed by atoms with E-state index in [1.807, 2.05) is 45.2 Å². The van der Waals surface area contributed by atoms with Crippen molar-refractivity contribution in [3.63, 3.8) is 0 Å². The van der Waals surface area contributed by atoms with Crippen molar-refractivity contribution >= 4 is 23.2 Å². The van der Waals surface area contributed by atoms with Crippen molar-refractivity contribution in [2.75, 3.05) is 12.4 Å². The third kappa shape index (κ3) is 3.94. The number of hydrogen-bond donors (Lipinski definition) is 1. The van der Waals surface area contributed by atoms with E-state index in [4.69, 9.17) is 0 Å². The smallest absolute Gasteiger partial charge is 0.341 e. The van der Waals surface area contributed by atoms with Crippen LogP contribution < -0.4 is 11.0 Å². The van der Waals surface area contributed by atoms with Gasteiger partial charge in [0.1, 0.15) is 6.54 Å². The quantitative estimate of drug-likeness (QED) is 0.701. The van der Waals surface area contributed by atoms with Gasteiger partial charge >= 0.3 is 5.69 Å². The predicted octanol–water partition coefficient (Wildman–Crippen LogP) is 3.04. The fraction of sp³-hybridized carbons (Fsp3) is 0.455. The third-order valence-corrected chi connectivity index (χ3v) is 5.89. The van der Waals surface area contributed by atoms with E-state index in [9.17, 15) is 9.59 Å². The number of anilines is 2. The molecule has 4 rings (SSSR count). The Bertz CT molecular complexity index is 1130. The van der Waals surface area contributed by atoms with Gasteiger partial charge in [0.05, 0.1) is 0 Å². The second kappa shape index (κ2) is 8.30. The lowest BCUT2D eigenvalue weighted by Gasteiger charge is -2.31. The van der Waals surface area contributed by atoms with Gasteiger partial charge in [0, 0.05) is 30.5 Å². The largest absolute Gasteiger partial charge is 0.353 e. The predicted molar refractivity (Wildman–Crippen MR) is 116 cm³/mol. The van der Waals surface area contributed by atoms with E-state index in [0.717, 1.165) is 42.6 Å². The molecule has 1 aliphatic carbocycles. The van der Waals surface area contributed by atoms with Gasteiger partial charge in [-0.1, -0.05) is 37.5 Å². The van der Waals surface area contributed by atoms with Crippen LogP contribution in [0, 0.1) is 13.8 Å². The summed E-state index contributed by atoms with van der Waals surface area (Å²) >= 11 is 0. The van der Waals surface area contributed by atoms with Crippen LogP contribution >= 0.6 is 0 Å². The van der Waals surface area contributed by atoms with Gasteiger partial charge in [0.15, 0.2) is 5.65 Å². The molecule has 1 saturated carbocycles. The van der Waals surface area contributed by atoms with Crippen molar-refractivity contribution in [3.05, 3.63) is 52.1 Å². The summed E-state index contributed by atoms with van der Waals surface area (Å²) in [6.07, 6.45) is 5.57. The minimum atomic E-state index is -0.376. The Kier molecular flexibility index (Phi) is 5.57. The highest BCUT2D eigenvalue weighted by atomic mass is 16.2. The molecule has 1 fully saturated rings. The van der Waals surface area contributed by atoms with E-state index in [-0.39, 0.29) is 24.2 Å². The fourth-order valence-corrected chi connectivity index (χ4v) is 4.09. The number of amides is 1. The van der Waals surface area contributed by atoms with Gasteiger partial charge < -0.3 is 10.2 Å². The van der Waals surface area contributed by atoms with Crippen molar-refractivity contribution in [2.24, 2.45) is 0 Å². The first-order valence-corrected chi connectivity index (χ1v) is 10.5. The Balaban J connectivity index is 1.64. The summed E-state index contributed by atoms with van der Waals surface area (Å²) in [5, 5.41) is 7.65. The Labute approximate surface area is 175 Å². The highest BCUT2D eigenvalue weighted by Crippen LogP contribution is 2.22. The summed E-state index contributed by atoms with van der Waals surface area (Å²) in [6.45, 7) is 3.77. The maximum atomic E-state index is 13.1. The summed E-state index contributed by atoms with van der Waals surface area (Å²) in [5.41, 5.74) is 2.74. The zero-order chi connectivity index (χ0) is 21.3. The molecule has 158 valence electrons. The lowest BCUT2D eigenvalue weighted by atomic mass is 9.94. The number of carbonyl (C=O) groups excluding carboxylic acids is 1. The van der Waals surface area contributed by atoms with E-state index in [1.165, 1.54) is 15.5 Å². The number of nitrogens with zero attached hydrogens (tertiary/aromatic N) is 5. The molecular weight excluding hydrogens is 380 g/mol. The summed E-state index contributed by atoms with van der Waals surface area (Å²) in [5.74, 6) is 0.300. The van der Waals surface area contributed by atoms with Crippen LogP contribution in [0.2, 0.25) is 0 Å². The third-order valence-electron chi connectivity index (χ3n) is 5.89. The van der Waals surface area contributed by atoms with Crippen LogP contribution in [0.25, 0.3) is 5.65 Å². The van der Waals surface area contributed by atoms with E-state index >= 15 is 0 Å². The molecule has 3 aromatic rings. The molecule has 1 amide bonds. The van der Waals surface area contributed by atoms with Crippen LogP contribution in [0.5, 0.6) is 0 Å². The molecular formula is C22H28N6O2. The van der Waals surface area contributed by atoms with Gasteiger partial charge in [-0.2, -0.15) is 0 Å². The minimum absolute atomic E-state index is 0.0730.